The maximum atomic E-state index is 12.3. The van der Waals surface area contributed by atoms with Gasteiger partial charge in [0.15, 0.2) is 0 Å². The summed E-state index contributed by atoms with van der Waals surface area (Å²) in [6, 6.07) is 18.6. The number of benzene rings is 2. The van der Waals surface area contributed by atoms with Crippen LogP contribution < -0.4 is 5.56 Å². The SMILES string of the molecule is Cc1cc(-c2ccc(Cl)cc2)nn(-c2ccccc2)c1=O. The third-order valence-corrected chi connectivity index (χ3v) is 3.48. The molecule has 0 unspecified atom stereocenters. The first kappa shape index (κ1) is 13.6. The number of aryl methyl sites for hydroxylation is 1. The minimum Gasteiger partial charge on any atom is -0.267 e. The normalized spacial score (nSPS) is 10.6. The molecule has 0 amide bonds. The lowest BCUT2D eigenvalue weighted by Gasteiger charge is -2.09. The summed E-state index contributed by atoms with van der Waals surface area (Å²) in [4.78, 5) is 12.3. The van der Waals surface area contributed by atoms with Gasteiger partial charge in [-0.1, -0.05) is 41.9 Å². The molecular weight excluding hydrogens is 284 g/mol. The fourth-order valence-electron chi connectivity index (χ4n) is 2.12. The lowest BCUT2D eigenvalue weighted by molar-refractivity contribution is 0.802. The first-order valence-electron chi connectivity index (χ1n) is 6.57. The molecule has 21 heavy (non-hydrogen) atoms. The molecule has 104 valence electrons. The van der Waals surface area contributed by atoms with Gasteiger partial charge in [0.2, 0.25) is 0 Å². The second-order valence-electron chi connectivity index (χ2n) is 4.77. The molecule has 0 aliphatic heterocycles. The number of nitrogens with zero attached hydrogens (tertiary/aromatic N) is 2. The number of aromatic nitrogens is 2. The molecule has 0 fully saturated rings. The van der Waals surface area contributed by atoms with Crippen molar-refractivity contribution in [3.8, 4) is 16.9 Å². The van der Waals surface area contributed by atoms with Crippen molar-refractivity contribution >= 4 is 11.6 Å². The molecule has 0 aliphatic carbocycles. The van der Waals surface area contributed by atoms with Crippen molar-refractivity contribution in [2.45, 2.75) is 6.92 Å². The van der Waals surface area contributed by atoms with Crippen LogP contribution in [-0.2, 0) is 0 Å². The highest BCUT2D eigenvalue weighted by atomic mass is 35.5. The van der Waals surface area contributed by atoms with Crippen LogP contribution in [0, 0.1) is 6.92 Å². The first-order chi connectivity index (χ1) is 10.1. The molecule has 3 nitrogen and oxygen atoms in total. The van der Waals surface area contributed by atoms with Crippen LogP contribution in [0.5, 0.6) is 0 Å². The molecule has 0 saturated heterocycles. The van der Waals surface area contributed by atoms with E-state index in [1.54, 1.807) is 13.0 Å². The Balaban J connectivity index is 2.19. The average molecular weight is 297 g/mol. The van der Waals surface area contributed by atoms with E-state index < -0.39 is 0 Å². The van der Waals surface area contributed by atoms with Crippen LogP contribution >= 0.6 is 11.6 Å². The van der Waals surface area contributed by atoms with Gasteiger partial charge >= 0.3 is 0 Å². The molecule has 3 aromatic rings. The Morgan fingerprint density at radius 3 is 2.33 bits per heavy atom. The Morgan fingerprint density at radius 1 is 1.00 bits per heavy atom. The molecule has 1 aromatic heterocycles. The monoisotopic (exact) mass is 296 g/mol. The van der Waals surface area contributed by atoms with E-state index in [0.717, 1.165) is 16.9 Å². The standard InChI is InChI=1S/C17H13ClN2O/c1-12-11-16(13-7-9-14(18)10-8-13)19-20(17(12)21)15-5-3-2-4-6-15/h2-11H,1H3. The molecule has 4 heteroatoms. The van der Waals surface area contributed by atoms with Gasteiger partial charge in [0, 0.05) is 16.1 Å². The zero-order valence-electron chi connectivity index (χ0n) is 11.5. The van der Waals surface area contributed by atoms with E-state index in [9.17, 15) is 4.79 Å². The molecule has 0 saturated carbocycles. The summed E-state index contributed by atoms with van der Waals surface area (Å²) in [6.45, 7) is 1.79. The second-order valence-corrected chi connectivity index (χ2v) is 5.21. The van der Waals surface area contributed by atoms with E-state index in [-0.39, 0.29) is 5.56 Å². The van der Waals surface area contributed by atoms with Crippen LogP contribution in [-0.4, -0.2) is 9.78 Å². The molecule has 0 spiro atoms. The zero-order valence-corrected chi connectivity index (χ0v) is 12.2. The Morgan fingerprint density at radius 2 is 1.67 bits per heavy atom. The van der Waals surface area contributed by atoms with E-state index in [4.69, 9.17) is 11.6 Å². The van der Waals surface area contributed by atoms with Crippen LogP contribution in [0.3, 0.4) is 0 Å². The lowest BCUT2D eigenvalue weighted by atomic mass is 10.1. The Hall–Kier alpha value is -2.39. The highest BCUT2D eigenvalue weighted by Crippen LogP contribution is 2.20. The molecule has 0 radical (unpaired) electrons. The van der Waals surface area contributed by atoms with Crippen LogP contribution in [0.15, 0.2) is 65.5 Å². The predicted molar refractivity (Wildman–Crippen MR) is 85.0 cm³/mol. The van der Waals surface area contributed by atoms with E-state index in [1.807, 2.05) is 54.6 Å². The predicted octanol–water partition coefficient (Wildman–Crippen LogP) is 3.86. The quantitative estimate of drug-likeness (QED) is 0.720. The maximum Gasteiger partial charge on any atom is 0.274 e. The average Bonchev–Trinajstić information content (AvgIpc) is 2.51. The van der Waals surface area contributed by atoms with Crippen LogP contribution in [0.2, 0.25) is 5.02 Å². The van der Waals surface area contributed by atoms with Gasteiger partial charge in [-0.15, -0.1) is 0 Å². The summed E-state index contributed by atoms with van der Waals surface area (Å²) in [5.74, 6) is 0. The van der Waals surface area contributed by atoms with Gasteiger partial charge in [0.1, 0.15) is 0 Å². The Bertz CT molecular complexity index is 824. The van der Waals surface area contributed by atoms with Crippen molar-refractivity contribution in [1.82, 2.24) is 9.78 Å². The van der Waals surface area contributed by atoms with Crippen molar-refractivity contribution in [2.24, 2.45) is 0 Å². The van der Waals surface area contributed by atoms with Gasteiger partial charge in [-0.3, -0.25) is 4.79 Å². The van der Waals surface area contributed by atoms with Gasteiger partial charge in [0.25, 0.3) is 5.56 Å². The van der Waals surface area contributed by atoms with Gasteiger partial charge in [0.05, 0.1) is 11.4 Å². The summed E-state index contributed by atoms with van der Waals surface area (Å²) >= 11 is 5.91. The highest BCUT2D eigenvalue weighted by molar-refractivity contribution is 6.30. The van der Waals surface area contributed by atoms with Gasteiger partial charge in [-0.05, 0) is 37.3 Å². The fourth-order valence-corrected chi connectivity index (χ4v) is 2.25. The lowest BCUT2D eigenvalue weighted by Crippen LogP contribution is -2.23. The van der Waals surface area contributed by atoms with E-state index in [1.165, 1.54) is 4.68 Å². The van der Waals surface area contributed by atoms with E-state index >= 15 is 0 Å². The van der Waals surface area contributed by atoms with Crippen LogP contribution in [0.25, 0.3) is 16.9 Å². The molecular formula is C17H13ClN2O. The van der Waals surface area contributed by atoms with Crippen LogP contribution in [0.4, 0.5) is 0 Å². The van der Waals surface area contributed by atoms with Crippen molar-refractivity contribution in [1.29, 1.82) is 0 Å². The third-order valence-electron chi connectivity index (χ3n) is 3.23. The summed E-state index contributed by atoms with van der Waals surface area (Å²) < 4.78 is 1.43. The molecule has 1 heterocycles. The fraction of sp³-hybridized carbons (Fsp3) is 0.0588. The van der Waals surface area contributed by atoms with Crippen molar-refractivity contribution in [2.75, 3.05) is 0 Å². The molecule has 0 bridgehead atoms. The number of para-hydroxylation sites is 1. The van der Waals surface area contributed by atoms with Crippen molar-refractivity contribution in [3.63, 3.8) is 0 Å². The first-order valence-corrected chi connectivity index (χ1v) is 6.95. The van der Waals surface area contributed by atoms with Gasteiger partial charge < -0.3 is 0 Å². The number of halogens is 1. The second kappa shape index (κ2) is 5.54. The maximum absolute atomic E-state index is 12.3. The third kappa shape index (κ3) is 2.73. The van der Waals surface area contributed by atoms with Gasteiger partial charge in [-0.25, -0.2) is 0 Å². The molecule has 0 N–H and O–H groups in total. The minimum atomic E-state index is -0.112. The van der Waals surface area contributed by atoms with Crippen molar-refractivity contribution < 1.29 is 0 Å². The van der Waals surface area contributed by atoms with Gasteiger partial charge in [-0.2, -0.15) is 9.78 Å². The Labute approximate surface area is 127 Å². The Kier molecular flexibility index (Phi) is 3.59. The van der Waals surface area contributed by atoms with Crippen LogP contribution in [0.1, 0.15) is 5.56 Å². The molecule has 3 rings (SSSR count). The summed E-state index contributed by atoms with van der Waals surface area (Å²) in [5.41, 5.74) is 2.96. The molecule has 2 aromatic carbocycles. The summed E-state index contributed by atoms with van der Waals surface area (Å²) in [6.07, 6.45) is 0. The summed E-state index contributed by atoms with van der Waals surface area (Å²) in [5, 5.41) is 5.14. The topological polar surface area (TPSA) is 34.9 Å². The smallest absolute Gasteiger partial charge is 0.267 e. The largest absolute Gasteiger partial charge is 0.274 e. The number of rotatable bonds is 2. The number of hydrogen-bond donors (Lipinski definition) is 0. The highest BCUT2D eigenvalue weighted by Gasteiger charge is 2.08. The molecule has 0 aliphatic rings. The zero-order chi connectivity index (χ0) is 14.8. The minimum absolute atomic E-state index is 0.112. The summed E-state index contributed by atoms with van der Waals surface area (Å²) in [7, 11) is 0. The number of hydrogen-bond acceptors (Lipinski definition) is 2. The van der Waals surface area contributed by atoms with Crippen molar-refractivity contribution in [3.05, 3.63) is 81.6 Å². The molecule has 0 atom stereocenters. The van der Waals surface area contributed by atoms with E-state index in [0.29, 0.717) is 10.6 Å². The van der Waals surface area contributed by atoms with E-state index in [2.05, 4.69) is 5.10 Å².